The number of rotatable bonds is 7. The van der Waals surface area contributed by atoms with Crippen LogP contribution in [0.2, 0.25) is 0 Å². The lowest BCUT2D eigenvalue weighted by Gasteiger charge is -2.04. The Labute approximate surface area is 71.1 Å². The minimum atomic E-state index is -1.07. The molecular weight excluding hydrogens is 162 g/mol. The molecule has 0 amide bonds. The molecule has 0 aromatic rings. The van der Waals surface area contributed by atoms with E-state index >= 15 is 0 Å². The molecule has 2 N–H and O–H groups in total. The van der Waals surface area contributed by atoms with Crippen molar-refractivity contribution < 1.29 is 19.7 Å². The standard InChI is InChI=1S/C7H13NO4/c8-5-7(10)6-12-4-3-11-2-1-9/h7,9-10H,1-4,6H2. The molecule has 1 unspecified atom stereocenters. The summed E-state index contributed by atoms with van der Waals surface area (Å²) in [5, 5.41) is 25.1. The summed E-state index contributed by atoms with van der Waals surface area (Å²) in [7, 11) is 0. The lowest BCUT2D eigenvalue weighted by Crippen LogP contribution is -2.15. The molecule has 0 saturated carbocycles. The number of nitriles is 1. The second kappa shape index (κ2) is 8.43. The van der Waals surface area contributed by atoms with Gasteiger partial charge in [0.25, 0.3) is 0 Å². The molecule has 0 aliphatic heterocycles. The summed E-state index contributed by atoms with van der Waals surface area (Å²) in [6, 6.07) is 1.62. The quantitative estimate of drug-likeness (QED) is 0.379. The average Bonchev–Trinajstić information content (AvgIpc) is 2.10. The van der Waals surface area contributed by atoms with Crippen molar-refractivity contribution in [3.63, 3.8) is 0 Å². The molecular formula is C7H13NO4. The zero-order valence-corrected chi connectivity index (χ0v) is 6.77. The molecule has 0 radical (unpaired) electrons. The van der Waals surface area contributed by atoms with Gasteiger partial charge in [0.2, 0.25) is 0 Å². The maximum atomic E-state index is 8.69. The fraction of sp³-hybridized carbons (Fsp3) is 0.857. The highest BCUT2D eigenvalue weighted by atomic mass is 16.5. The molecule has 0 rings (SSSR count). The van der Waals surface area contributed by atoms with Crippen molar-refractivity contribution in [3.8, 4) is 6.07 Å². The molecule has 0 aromatic heterocycles. The van der Waals surface area contributed by atoms with Crippen molar-refractivity contribution in [1.82, 2.24) is 0 Å². The van der Waals surface area contributed by atoms with Gasteiger partial charge in [-0.25, -0.2) is 0 Å². The lowest BCUT2D eigenvalue weighted by atomic mass is 10.4. The minimum Gasteiger partial charge on any atom is -0.394 e. The Morgan fingerprint density at radius 3 is 2.50 bits per heavy atom. The monoisotopic (exact) mass is 175 g/mol. The Kier molecular flexibility index (Phi) is 7.96. The first kappa shape index (κ1) is 11.3. The molecule has 0 saturated heterocycles. The van der Waals surface area contributed by atoms with Gasteiger partial charge in [-0.2, -0.15) is 5.26 Å². The zero-order chi connectivity index (χ0) is 9.23. The summed E-state index contributed by atoms with van der Waals surface area (Å²) in [6.45, 7) is 0.946. The van der Waals surface area contributed by atoms with Gasteiger partial charge in [0.15, 0.2) is 6.10 Å². The van der Waals surface area contributed by atoms with Gasteiger partial charge in [-0.05, 0) is 0 Å². The van der Waals surface area contributed by atoms with Gasteiger partial charge in [0, 0.05) is 0 Å². The zero-order valence-electron chi connectivity index (χ0n) is 6.77. The van der Waals surface area contributed by atoms with Crippen LogP contribution < -0.4 is 0 Å². The molecule has 5 nitrogen and oxygen atoms in total. The van der Waals surface area contributed by atoms with Crippen LogP contribution in [0.25, 0.3) is 0 Å². The van der Waals surface area contributed by atoms with Crippen LogP contribution >= 0.6 is 0 Å². The van der Waals surface area contributed by atoms with Gasteiger partial charge in [-0.3, -0.25) is 0 Å². The van der Waals surface area contributed by atoms with Crippen LogP contribution in [0.3, 0.4) is 0 Å². The van der Waals surface area contributed by atoms with Crippen molar-refractivity contribution in [2.24, 2.45) is 0 Å². The van der Waals surface area contributed by atoms with Gasteiger partial charge in [0.1, 0.15) is 0 Å². The van der Waals surface area contributed by atoms with Crippen LogP contribution in [0.1, 0.15) is 0 Å². The smallest absolute Gasteiger partial charge is 0.163 e. The lowest BCUT2D eigenvalue weighted by molar-refractivity contribution is 0.0107. The Morgan fingerprint density at radius 2 is 1.92 bits per heavy atom. The number of nitrogens with zero attached hydrogens (tertiary/aromatic N) is 1. The van der Waals surface area contributed by atoms with E-state index in [-0.39, 0.29) is 19.8 Å². The van der Waals surface area contributed by atoms with Crippen LogP contribution in [0.5, 0.6) is 0 Å². The van der Waals surface area contributed by atoms with Crippen LogP contribution in [0, 0.1) is 11.3 Å². The topological polar surface area (TPSA) is 82.7 Å². The molecule has 0 fully saturated rings. The summed E-state index contributed by atoms with van der Waals surface area (Å²) in [6.07, 6.45) is -1.07. The van der Waals surface area contributed by atoms with Crippen molar-refractivity contribution in [1.29, 1.82) is 5.26 Å². The predicted molar refractivity (Wildman–Crippen MR) is 40.3 cm³/mol. The first-order chi connectivity index (χ1) is 5.81. The van der Waals surface area contributed by atoms with Crippen molar-refractivity contribution >= 4 is 0 Å². The SMILES string of the molecule is N#CC(O)COCCOCCO. The third-order valence-corrected chi connectivity index (χ3v) is 1.03. The van der Waals surface area contributed by atoms with Gasteiger partial charge >= 0.3 is 0 Å². The number of aliphatic hydroxyl groups excluding tert-OH is 2. The number of ether oxygens (including phenoxy) is 2. The van der Waals surface area contributed by atoms with Crippen LogP contribution in [0.4, 0.5) is 0 Å². The second-order valence-electron chi connectivity index (χ2n) is 2.06. The summed E-state index contributed by atoms with van der Waals surface area (Å²) >= 11 is 0. The van der Waals surface area contributed by atoms with Crippen LogP contribution in [0.15, 0.2) is 0 Å². The number of aliphatic hydroxyl groups is 2. The van der Waals surface area contributed by atoms with Crippen molar-refractivity contribution in [2.75, 3.05) is 33.0 Å². The first-order valence-corrected chi connectivity index (χ1v) is 3.65. The van der Waals surface area contributed by atoms with Crippen molar-refractivity contribution in [3.05, 3.63) is 0 Å². The minimum absolute atomic E-state index is 0.00101. The normalized spacial score (nSPS) is 12.4. The van der Waals surface area contributed by atoms with E-state index in [2.05, 4.69) is 0 Å². The van der Waals surface area contributed by atoms with E-state index in [4.69, 9.17) is 24.9 Å². The third kappa shape index (κ3) is 7.44. The van der Waals surface area contributed by atoms with Crippen molar-refractivity contribution in [2.45, 2.75) is 6.10 Å². The van der Waals surface area contributed by atoms with Crippen LogP contribution in [-0.4, -0.2) is 49.4 Å². The molecule has 1 atom stereocenters. The summed E-state index contributed by atoms with van der Waals surface area (Å²) in [5.41, 5.74) is 0. The highest BCUT2D eigenvalue weighted by Gasteiger charge is 1.99. The first-order valence-electron chi connectivity index (χ1n) is 3.65. The molecule has 0 aliphatic rings. The van der Waals surface area contributed by atoms with E-state index in [1.807, 2.05) is 0 Å². The van der Waals surface area contributed by atoms with E-state index in [1.165, 1.54) is 0 Å². The summed E-state index contributed by atoms with van der Waals surface area (Å²) in [4.78, 5) is 0. The fourth-order valence-electron chi connectivity index (χ4n) is 0.517. The van der Waals surface area contributed by atoms with E-state index < -0.39 is 6.10 Å². The van der Waals surface area contributed by atoms with Gasteiger partial charge < -0.3 is 19.7 Å². The van der Waals surface area contributed by atoms with E-state index in [1.54, 1.807) is 6.07 Å². The molecule has 12 heavy (non-hydrogen) atoms. The fourth-order valence-corrected chi connectivity index (χ4v) is 0.517. The molecule has 0 spiro atoms. The largest absolute Gasteiger partial charge is 0.394 e. The van der Waals surface area contributed by atoms with Gasteiger partial charge in [0.05, 0.1) is 39.1 Å². The Morgan fingerprint density at radius 1 is 1.25 bits per heavy atom. The van der Waals surface area contributed by atoms with Crippen LogP contribution in [-0.2, 0) is 9.47 Å². The number of hydrogen-bond donors (Lipinski definition) is 2. The van der Waals surface area contributed by atoms with E-state index in [0.717, 1.165) is 0 Å². The number of hydrogen-bond acceptors (Lipinski definition) is 5. The molecule has 0 aromatic carbocycles. The molecule has 70 valence electrons. The summed E-state index contributed by atoms with van der Waals surface area (Å²) < 4.78 is 9.71. The summed E-state index contributed by atoms with van der Waals surface area (Å²) in [5.74, 6) is 0. The van der Waals surface area contributed by atoms with Gasteiger partial charge in [-0.15, -0.1) is 0 Å². The van der Waals surface area contributed by atoms with Gasteiger partial charge in [-0.1, -0.05) is 0 Å². The van der Waals surface area contributed by atoms with E-state index in [9.17, 15) is 0 Å². The molecule has 0 aliphatic carbocycles. The maximum absolute atomic E-state index is 8.69. The molecule has 0 heterocycles. The maximum Gasteiger partial charge on any atom is 0.163 e. The third-order valence-electron chi connectivity index (χ3n) is 1.03. The molecule has 5 heteroatoms. The second-order valence-corrected chi connectivity index (χ2v) is 2.06. The Balaban J connectivity index is 2.96. The Bertz CT molecular complexity index is 134. The van der Waals surface area contributed by atoms with E-state index in [0.29, 0.717) is 13.2 Å². The average molecular weight is 175 g/mol. The predicted octanol–water partition coefficient (Wildman–Crippen LogP) is -1.10. The Hall–Kier alpha value is -0.670. The molecule has 0 bridgehead atoms. The highest BCUT2D eigenvalue weighted by Crippen LogP contribution is 1.83. The highest BCUT2D eigenvalue weighted by molar-refractivity contribution is 4.81.